The molecule has 0 bridgehead atoms. The molecule has 1 aromatic rings. The molecular weight excluding hydrogens is 248 g/mol. The molecule has 0 radical (unpaired) electrons. The summed E-state index contributed by atoms with van der Waals surface area (Å²) in [6, 6.07) is 8.88. The van der Waals surface area contributed by atoms with Crippen LogP contribution in [0.25, 0.3) is 0 Å². The van der Waals surface area contributed by atoms with E-state index in [1.54, 1.807) is 7.11 Å². The number of nitrogens with one attached hydrogen (secondary N) is 1. The van der Waals surface area contributed by atoms with E-state index in [4.69, 9.17) is 4.74 Å². The van der Waals surface area contributed by atoms with Gasteiger partial charge in [-0.3, -0.25) is 0 Å². The van der Waals surface area contributed by atoms with Gasteiger partial charge in [0.15, 0.2) is 0 Å². The number of hydrogen-bond acceptors (Lipinski definition) is 3. The molecule has 0 aliphatic rings. The molecule has 0 amide bonds. The maximum atomic E-state index is 5.23. The van der Waals surface area contributed by atoms with Crippen molar-refractivity contribution < 1.29 is 4.74 Å². The monoisotopic (exact) mass is 278 g/mol. The van der Waals surface area contributed by atoms with E-state index < -0.39 is 0 Å². The lowest BCUT2D eigenvalue weighted by atomic mass is 10.0. The predicted molar refractivity (Wildman–Crippen MR) is 86.4 cm³/mol. The smallest absolute Gasteiger partial charge is 0.118 e. The van der Waals surface area contributed by atoms with Crippen molar-refractivity contribution in [2.75, 3.05) is 33.3 Å². The molecule has 3 nitrogen and oxygen atoms in total. The minimum atomic E-state index is 0.432. The van der Waals surface area contributed by atoms with Crippen LogP contribution in [0.3, 0.4) is 0 Å². The first-order valence-corrected chi connectivity index (χ1v) is 7.84. The van der Waals surface area contributed by atoms with Gasteiger partial charge in [-0.15, -0.1) is 0 Å². The molecule has 1 aromatic carbocycles. The molecule has 0 heterocycles. The first kappa shape index (κ1) is 17.0. The first-order valence-electron chi connectivity index (χ1n) is 7.84. The molecule has 0 aliphatic carbocycles. The second-order valence-corrected chi connectivity index (χ2v) is 5.10. The molecular formula is C17H30N2O. The highest BCUT2D eigenvalue weighted by molar-refractivity contribution is 5.29. The van der Waals surface area contributed by atoms with E-state index in [0.29, 0.717) is 6.04 Å². The molecule has 0 spiro atoms. The van der Waals surface area contributed by atoms with Gasteiger partial charge in [0, 0.05) is 6.04 Å². The summed E-state index contributed by atoms with van der Waals surface area (Å²) in [4.78, 5) is 2.48. The Balaban J connectivity index is 2.66. The Kier molecular flexibility index (Phi) is 8.31. The minimum Gasteiger partial charge on any atom is -0.497 e. The van der Waals surface area contributed by atoms with E-state index in [0.717, 1.165) is 44.8 Å². The van der Waals surface area contributed by atoms with Gasteiger partial charge in [0.2, 0.25) is 0 Å². The lowest BCUT2D eigenvalue weighted by Gasteiger charge is -2.24. The summed E-state index contributed by atoms with van der Waals surface area (Å²) in [5.41, 5.74) is 1.35. The number of hydrogen-bond donors (Lipinski definition) is 1. The molecule has 0 fully saturated rings. The third-order valence-electron chi connectivity index (χ3n) is 3.79. The number of methoxy groups -OCH3 is 1. The van der Waals surface area contributed by atoms with Crippen LogP contribution in [-0.4, -0.2) is 38.2 Å². The SMILES string of the molecule is CCCNC(CCN(CC)CC)c1ccc(OC)cc1. The highest BCUT2D eigenvalue weighted by Crippen LogP contribution is 2.20. The zero-order valence-electron chi connectivity index (χ0n) is 13.5. The molecule has 20 heavy (non-hydrogen) atoms. The van der Waals surface area contributed by atoms with Crippen LogP contribution in [0.1, 0.15) is 45.2 Å². The van der Waals surface area contributed by atoms with Crippen LogP contribution in [0, 0.1) is 0 Å². The second kappa shape index (κ2) is 9.78. The van der Waals surface area contributed by atoms with Crippen molar-refractivity contribution in [1.29, 1.82) is 0 Å². The molecule has 0 saturated heterocycles. The zero-order chi connectivity index (χ0) is 14.8. The minimum absolute atomic E-state index is 0.432. The van der Waals surface area contributed by atoms with Crippen molar-refractivity contribution in [3.05, 3.63) is 29.8 Å². The van der Waals surface area contributed by atoms with Crippen LogP contribution in [0.4, 0.5) is 0 Å². The molecule has 0 aliphatic heterocycles. The normalized spacial score (nSPS) is 12.7. The molecule has 1 atom stereocenters. The van der Waals surface area contributed by atoms with Gasteiger partial charge in [-0.05, 0) is 56.7 Å². The first-order chi connectivity index (χ1) is 9.74. The number of benzene rings is 1. The van der Waals surface area contributed by atoms with Crippen LogP contribution in [0.15, 0.2) is 24.3 Å². The van der Waals surface area contributed by atoms with Gasteiger partial charge in [0.05, 0.1) is 7.11 Å². The van der Waals surface area contributed by atoms with Gasteiger partial charge in [-0.2, -0.15) is 0 Å². The molecule has 0 aromatic heterocycles. The average molecular weight is 278 g/mol. The van der Waals surface area contributed by atoms with Gasteiger partial charge >= 0.3 is 0 Å². The fourth-order valence-corrected chi connectivity index (χ4v) is 2.39. The van der Waals surface area contributed by atoms with Crippen LogP contribution >= 0.6 is 0 Å². The largest absolute Gasteiger partial charge is 0.497 e. The summed E-state index contributed by atoms with van der Waals surface area (Å²) < 4.78 is 5.23. The number of nitrogens with zero attached hydrogens (tertiary/aromatic N) is 1. The van der Waals surface area contributed by atoms with Crippen molar-refractivity contribution in [3.63, 3.8) is 0 Å². The van der Waals surface area contributed by atoms with E-state index in [1.165, 1.54) is 5.56 Å². The van der Waals surface area contributed by atoms with Crippen LogP contribution in [0.2, 0.25) is 0 Å². The quantitative estimate of drug-likeness (QED) is 0.709. The predicted octanol–water partition coefficient (Wildman–Crippen LogP) is 3.47. The second-order valence-electron chi connectivity index (χ2n) is 5.10. The fraction of sp³-hybridized carbons (Fsp3) is 0.647. The number of ether oxygens (including phenoxy) is 1. The lowest BCUT2D eigenvalue weighted by molar-refractivity contribution is 0.281. The Labute approximate surface area is 124 Å². The molecule has 1 rings (SSSR count). The van der Waals surface area contributed by atoms with E-state index in [-0.39, 0.29) is 0 Å². The van der Waals surface area contributed by atoms with E-state index in [2.05, 4.69) is 43.1 Å². The van der Waals surface area contributed by atoms with Crippen molar-refractivity contribution >= 4 is 0 Å². The molecule has 1 unspecified atom stereocenters. The maximum Gasteiger partial charge on any atom is 0.118 e. The Hall–Kier alpha value is -1.06. The molecule has 0 saturated carbocycles. The Morgan fingerprint density at radius 3 is 2.25 bits per heavy atom. The van der Waals surface area contributed by atoms with Gasteiger partial charge in [0.25, 0.3) is 0 Å². The van der Waals surface area contributed by atoms with E-state index in [1.807, 2.05) is 12.1 Å². The van der Waals surface area contributed by atoms with Gasteiger partial charge in [-0.25, -0.2) is 0 Å². The van der Waals surface area contributed by atoms with E-state index in [9.17, 15) is 0 Å². The average Bonchev–Trinajstić information content (AvgIpc) is 2.51. The third kappa shape index (κ3) is 5.51. The zero-order valence-corrected chi connectivity index (χ0v) is 13.5. The van der Waals surface area contributed by atoms with Gasteiger partial charge in [-0.1, -0.05) is 32.9 Å². The fourth-order valence-electron chi connectivity index (χ4n) is 2.39. The summed E-state index contributed by atoms with van der Waals surface area (Å²) in [5.74, 6) is 0.923. The standard InChI is InChI=1S/C17H30N2O/c1-5-13-18-17(12-14-19(6-2)7-3)15-8-10-16(20-4)11-9-15/h8-11,17-18H,5-7,12-14H2,1-4H3. The van der Waals surface area contributed by atoms with Crippen molar-refractivity contribution in [3.8, 4) is 5.75 Å². The van der Waals surface area contributed by atoms with Gasteiger partial charge < -0.3 is 15.0 Å². The Morgan fingerprint density at radius 1 is 1.10 bits per heavy atom. The summed E-state index contributed by atoms with van der Waals surface area (Å²) in [5, 5.41) is 3.66. The van der Waals surface area contributed by atoms with Gasteiger partial charge in [0.1, 0.15) is 5.75 Å². The summed E-state index contributed by atoms with van der Waals surface area (Å²) in [6.07, 6.45) is 2.31. The topological polar surface area (TPSA) is 24.5 Å². The van der Waals surface area contributed by atoms with Crippen molar-refractivity contribution in [2.45, 2.75) is 39.7 Å². The van der Waals surface area contributed by atoms with Crippen LogP contribution < -0.4 is 10.1 Å². The summed E-state index contributed by atoms with van der Waals surface area (Å²) in [6.45, 7) is 11.1. The maximum absolute atomic E-state index is 5.23. The highest BCUT2D eigenvalue weighted by Gasteiger charge is 2.12. The van der Waals surface area contributed by atoms with E-state index >= 15 is 0 Å². The Bertz CT molecular complexity index is 347. The molecule has 1 N–H and O–H groups in total. The summed E-state index contributed by atoms with van der Waals surface area (Å²) >= 11 is 0. The third-order valence-corrected chi connectivity index (χ3v) is 3.79. The number of rotatable bonds is 10. The molecule has 3 heteroatoms. The highest BCUT2D eigenvalue weighted by atomic mass is 16.5. The van der Waals surface area contributed by atoms with Crippen molar-refractivity contribution in [1.82, 2.24) is 10.2 Å². The van der Waals surface area contributed by atoms with Crippen LogP contribution in [0.5, 0.6) is 5.75 Å². The summed E-state index contributed by atoms with van der Waals surface area (Å²) in [7, 11) is 1.71. The van der Waals surface area contributed by atoms with Crippen LogP contribution in [-0.2, 0) is 0 Å². The Morgan fingerprint density at radius 2 is 1.75 bits per heavy atom. The lowest BCUT2D eigenvalue weighted by Crippen LogP contribution is -2.29. The van der Waals surface area contributed by atoms with Crippen molar-refractivity contribution in [2.24, 2.45) is 0 Å². The molecule has 114 valence electrons.